The highest BCUT2D eigenvalue weighted by atomic mass is 15.6. The van der Waals surface area contributed by atoms with E-state index in [1.165, 1.54) is 0 Å². The Hall–Kier alpha value is -1.75. The van der Waals surface area contributed by atoms with Gasteiger partial charge in [-0.2, -0.15) is 4.80 Å². The van der Waals surface area contributed by atoms with Crippen molar-refractivity contribution in [3.05, 3.63) is 30.3 Å². The Kier molecular flexibility index (Phi) is 5.07. The SMILES string of the molecule is CCCC(CNC(C)(C)C)n1nnc(-c2ccccc2)n1. The third-order valence-corrected chi connectivity index (χ3v) is 3.28. The number of nitrogens with zero attached hydrogens (tertiary/aromatic N) is 4. The summed E-state index contributed by atoms with van der Waals surface area (Å²) in [4.78, 5) is 1.75. The number of aromatic nitrogens is 4. The fourth-order valence-corrected chi connectivity index (χ4v) is 2.14. The molecule has 0 aliphatic carbocycles. The summed E-state index contributed by atoms with van der Waals surface area (Å²) in [6.07, 6.45) is 2.13. The monoisotopic (exact) mass is 287 g/mol. The Balaban J connectivity index is 2.12. The van der Waals surface area contributed by atoms with E-state index >= 15 is 0 Å². The van der Waals surface area contributed by atoms with Crippen LogP contribution in [-0.4, -0.2) is 32.3 Å². The molecule has 0 bridgehead atoms. The molecular weight excluding hydrogens is 262 g/mol. The maximum Gasteiger partial charge on any atom is 0.204 e. The van der Waals surface area contributed by atoms with E-state index in [1.54, 1.807) is 4.80 Å². The van der Waals surface area contributed by atoms with Crippen LogP contribution >= 0.6 is 0 Å². The average Bonchev–Trinajstić information content (AvgIpc) is 2.93. The summed E-state index contributed by atoms with van der Waals surface area (Å²) in [5, 5.41) is 16.5. The molecule has 1 aromatic heterocycles. The first kappa shape index (κ1) is 15.6. The van der Waals surface area contributed by atoms with Gasteiger partial charge in [0, 0.05) is 17.6 Å². The van der Waals surface area contributed by atoms with Gasteiger partial charge in [0.05, 0.1) is 6.04 Å². The van der Waals surface area contributed by atoms with Crippen molar-refractivity contribution in [1.82, 2.24) is 25.5 Å². The fraction of sp³-hybridized carbons (Fsp3) is 0.562. The minimum atomic E-state index is 0.0921. The second-order valence-electron chi connectivity index (χ2n) is 6.37. The van der Waals surface area contributed by atoms with Crippen molar-refractivity contribution < 1.29 is 0 Å². The van der Waals surface area contributed by atoms with Gasteiger partial charge in [-0.1, -0.05) is 43.7 Å². The quantitative estimate of drug-likeness (QED) is 0.887. The Morgan fingerprint density at radius 1 is 1.19 bits per heavy atom. The van der Waals surface area contributed by atoms with E-state index < -0.39 is 0 Å². The molecule has 0 saturated heterocycles. The summed E-state index contributed by atoms with van der Waals surface area (Å²) in [5.41, 5.74) is 1.09. The van der Waals surface area contributed by atoms with Crippen LogP contribution in [0.25, 0.3) is 11.4 Å². The van der Waals surface area contributed by atoms with E-state index in [2.05, 4.69) is 48.4 Å². The molecule has 5 heteroatoms. The van der Waals surface area contributed by atoms with Crippen molar-refractivity contribution in [3.8, 4) is 11.4 Å². The normalized spacial score (nSPS) is 13.3. The number of hydrogen-bond acceptors (Lipinski definition) is 4. The second kappa shape index (κ2) is 6.80. The first-order valence-corrected chi connectivity index (χ1v) is 7.59. The molecule has 2 rings (SSSR count). The Labute approximate surface area is 126 Å². The van der Waals surface area contributed by atoms with Crippen LogP contribution in [0.15, 0.2) is 30.3 Å². The molecule has 1 atom stereocenters. The first-order chi connectivity index (χ1) is 9.99. The van der Waals surface area contributed by atoms with Crippen LogP contribution in [0.4, 0.5) is 0 Å². The highest BCUT2D eigenvalue weighted by Gasteiger charge is 2.18. The van der Waals surface area contributed by atoms with Crippen LogP contribution < -0.4 is 5.32 Å². The molecule has 0 aliphatic heterocycles. The van der Waals surface area contributed by atoms with Gasteiger partial charge in [0.15, 0.2) is 0 Å². The highest BCUT2D eigenvalue weighted by Crippen LogP contribution is 2.16. The van der Waals surface area contributed by atoms with Crippen LogP contribution in [0, 0.1) is 0 Å². The molecule has 21 heavy (non-hydrogen) atoms. The Morgan fingerprint density at radius 2 is 1.90 bits per heavy atom. The predicted octanol–water partition coefficient (Wildman–Crippen LogP) is 3.07. The van der Waals surface area contributed by atoms with Gasteiger partial charge >= 0.3 is 0 Å². The highest BCUT2D eigenvalue weighted by molar-refractivity contribution is 5.52. The van der Waals surface area contributed by atoms with Crippen molar-refractivity contribution in [2.45, 2.75) is 52.1 Å². The molecule has 1 unspecified atom stereocenters. The number of rotatable bonds is 6. The van der Waals surface area contributed by atoms with Crippen LogP contribution in [0.2, 0.25) is 0 Å². The molecule has 0 amide bonds. The van der Waals surface area contributed by atoms with E-state index in [0.29, 0.717) is 5.82 Å². The molecule has 0 spiro atoms. The van der Waals surface area contributed by atoms with Crippen LogP contribution in [0.3, 0.4) is 0 Å². The molecular formula is C16H25N5. The minimum Gasteiger partial charge on any atom is -0.310 e. The number of nitrogens with one attached hydrogen (secondary N) is 1. The largest absolute Gasteiger partial charge is 0.310 e. The molecule has 1 aromatic carbocycles. The Morgan fingerprint density at radius 3 is 2.52 bits per heavy atom. The lowest BCUT2D eigenvalue weighted by atomic mass is 10.1. The fourth-order valence-electron chi connectivity index (χ4n) is 2.14. The molecule has 5 nitrogen and oxygen atoms in total. The Bertz CT molecular complexity index is 541. The number of hydrogen-bond donors (Lipinski definition) is 1. The van der Waals surface area contributed by atoms with E-state index in [1.807, 2.05) is 30.3 Å². The summed E-state index contributed by atoms with van der Waals surface area (Å²) in [6.45, 7) is 9.53. The summed E-state index contributed by atoms with van der Waals surface area (Å²) < 4.78 is 0. The summed E-state index contributed by atoms with van der Waals surface area (Å²) in [6, 6.07) is 10.2. The van der Waals surface area contributed by atoms with E-state index in [0.717, 1.165) is 24.9 Å². The lowest BCUT2D eigenvalue weighted by Crippen LogP contribution is -2.40. The van der Waals surface area contributed by atoms with Gasteiger partial charge in [0.2, 0.25) is 5.82 Å². The summed E-state index contributed by atoms with van der Waals surface area (Å²) >= 11 is 0. The number of tetrazole rings is 1. The molecule has 0 fully saturated rings. The second-order valence-corrected chi connectivity index (χ2v) is 6.37. The summed E-state index contributed by atoms with van der Waals surface area (Å²) in [5.74, 6) is 0.687. The van der Waals surface area contributed by atoms with Gasteiger partial charge in [-0.3, -0.25) is 0 Å². The predicted molar refractivity (Wildman–Crippen MR) is 85.0 cm³/mol. The van der Waals surface area contributed by atoms with Gasteiger partial charge < -0.3 is 5.32 Å². The van der Waals surface area contributed by atoms with E-state index in [9.17, 15) is 0 Å². The topological polar surface area (TPSA) is 55.6 Å². The molecule has 1 N–H and O–H groups in total. The number of benzene rings is 1. The van der Waals surface area contributed by atoms with Crippen LogP contribution in [0.1, 0.15) is 46.6 Å². The maximum atomic E-state index is 4.55. The molecule has 0 aliphatic rings. The van der Waals surface area contributed by atoms with Gasteiger partial charge in [-0.15, -0.1) is 10.2 Å². The van der Waals surface area contributed by atoms with Gasteiger partial charge in [-0.05, 0) is 32.4 Å². The minimum absolute atomic E-state index is 0.0921. The smallest absolute Gasteiger partial charge is 0.204 e. The zero-order valence-electron chi connectivity index (χ0n) is 13.4. The van der Waals surface area contributed by atoms with Crippen molar-refractivity contribution >= 4 is 0 Å². The lowest BCUT2D eigenvalue weighted by molar-refractivity contribution is 0.311. The van der Waals surface area contributed by atoms with Gasteiger partial charge in [-0.25, -0.2) is 0 Å². The molecule has 114 valence electrons. The molecule has 1 heterocycles. The third kappa shape index (κ3) is 4.63. The van der Waals surface area contributed by atoms with Crippen molar-refractivity contribution in [3.63, 3.8) is 0 Å². The first-order valence-electron chi connectivity index (χ1n) is 7.59. The van der Waals surface area contributed by atoms with Gasteiger partial charge in [0.1, 0.15) is 0 Å². The molecule has 0 radical (unpaired) electrons. The lowest BCUT2D eigenvalue weighted by Gasteiger charge is -2.24. The maximum absolute atomic E-state index is 4.55. The van der Waals surface area contributed by atoms with E-state index in [-0.39, 0.29) is 11.6 Å². The zero-order chi connectivity index (χ0) is 15.3. The van der Waals surface area contributed by atoms with Gasteiger partial charge in [0.25, 0.3) is 0 Å². The third-order valence-electron chi connectivity index (χ3n) is 3.28. The van der Waals surface area contributed by atoms with E-state index in [4.69, 9.17) is 0 Å². The molecule has 2 aromatic rings. The van der Waals surface area contributed by atoms with Crippen molar-refractivity contribution in [1.29, 1.82) is 0 Å². The summed E-state index contributed by atoms with van der Waals surface area (Å²) in [7, 11) is 0. The average molecular weight is 287 g/mol. The zero-order valence-corrected chi connectivity index (χ0v) is 13.4. The standard InChI is InChI=1S/C16H25N5/c1-5-9-14(12-17-16(2,3)4)21-19-15(18-20-21)13-10-7-6-8-11-13/h6-8,10-11,14,17H,5,9,12H2,1-4H3. The molecule has 0 saturated carbocycles. The van der Waals surface area contributed by atoms with Crippen molar-refractivity contribution in [2.24, 2.45) is 0 Å². The van der Waals surface area contributed by atoms with Crippen molar-refractivity contribution in [2.75, 3.05) is 6.54 Å². The van der Waals surface area contributed by atoms with Crippen LogP contribution in [0.5, 0.6) is 0 Å². The van der Waals surface area contributed by atoms with Crippen LogP contribution in [-0.2, 0) is 0 Å².